The molecule has 0 N–H and O–H groups in total. The lowest BCUT2D eigenvalue weighted by atomic mass is 9.99. The summed E-state index contributed by atoms with van der Waals surface area (Å²) in [5.74, 6) is 1.61. The number of rotatable bonds is 5. The molecule has 0 saturated carbocycles. The second kappa shape index (κ2) is 5.18. The Bertz CT molecular complexity index is 154. The number of ether oxygens (including phenoxy) is 1. The highest BCUT2D eigenvalue weighted by molar-refractivity contribution is 5.79. The SMILES string of the molecule is CCCCC(CC)C1=NCCO1. The Kier molecular flexibility index (Phi) is 4.12. The van der Waals surface area contributed by atoms with Gasteiger partial charge in [-0.2, -0.15) is 0 Å². The monoisotopic (exact) mass is 169 g/mol. The Balaban J connectivity index is 2.33. The Morgan fingerprint density at radius 3 is 2.83 bits per heavy atom. The smallest absolute Gasteiger partial charge is 0.186 e. The van der Waals surface area contributed by atoms with Gasteiger partial charge in [0, 0.05) is 5.92 Å². The predicted molar refractivity (Wildman–Crippen MR) is 51.6 cm³/mol. The van der Waals surface area contributed by atoms with Crippen molar-refractivity contribution in [3.63, 3.8) is 0 Å². The normalized spacial score (nSPS) is 18.7. The van der Waals surface area contributed by atoms with E-state index < -0.39 is 0 Å². The minimum absolute atomic E-state index is 0.590. The molecular formula is C10H19NO. The van der Waals surface area contributed by atoms with E-state index in [9.17, 15) is 0 Å². The maximum Gasteiger partial charge on any atom is 0.186 e. The molecule has 2 heteroatoms. The lowest BCUT2D eigenvalue weighted by Crippen LogP contribution is -2.13. The summed E-state index contributed by atoms with van der Waals surface area (Å²) in [6.45, 7) is 6.12. The van der Waals surface area contributed by atoms with E-state index in [-0.39, 0.29) is 0 Å². The summed E-state index contributed by atoms with van der Waals surface area (Å²) in [6.07, 6.45) is 4.97. The van der Waals surface area contributed by atoms with Gasteiger partial charge in [-0.25, -0.2) is 0 Å². The maximum absolute atomic E-state index is 5.45. The minimum Gasteiger partial charge on any atom is -0.479 e. The lowest BCUT2D eigenvalue weighted by molar-refractivity contribution is 0.314. The summed E-state index contributed by atoms with van der Waals surface area (Å²) in [6, 6.07) is 0. The first-order valence-electron chi connectivity index (χ1n) is 5.05. The van der Waals surface area contributed by atoms with Crippen molar-refractivity contribution < 1.29 is 4.74 Å². The molecule has 1 heterocycles. The van der Waals surface area contributed by atoms with Gasteiger partial charge in [-0.1, -0.05) is 26.7 Å². The molecule has 0 fully saturated rings. The molecule has 12 heavy (non-hydrogen) atoms. The molecule has 1 atom stereocenters. The van der Waals surface area contributed by atoms with E-state index in [1.54, 1.807) is 0 Å². The Morgan fingerprint density at radius 2 is 2.33 bits per heavy atom. The van der Waals surface area contributed by atoms with E-state index in [4.69, 9.17) is 4.74 Å². The van der Waals surface area contributed by atoms with Gasteiger partial charge in [0.25, 0.3) is 0 Å². The molecular weight excluding hydrogens is 150 g/mol. The number of hydrogen-bond acceptors (Lipinski definition) is 2. The number of unbranched alkanes of at least 4 members (excludes halogenated alkanes) is 1. The van der Waals surface area contributed by atoms with Gasteiger partial charge in [-0.15, -0.1) is 0 Å². The first kappa shape index (κ1) is 9.56. The van der Waals surface area contributed by atoms with Crippen molar-refractivity contribution >= 4 is 5.90 Å². The second-order valence-corrected chi connectivity index (χ2v) is 3.32. The lowest BCUT2D eigenvalue weighted by Gasteiger charge is -2.13. The molecule has 1 rings (SSSR count). The molecule has 0 aliphatic carbocycles. The summed E-state index contributed by atoms with van der Waals surface area (Å²) in [7, 11) is 0. The molecule has 0 saturated heterocycles. The van der Waals surface area contributed by atoms with Crippen LogP contribution in [0.4, 0.5) is 0 Å². The molecule has 1 aliphatic heterocycles. The van der Waals surface area contributed by atoms with E-state index in [1.807, 2.05) is 0 Å². The first-order valence-corrected chi connectivity index (χ1v) is 5.05. The summed E-state index contributed by atoms with van der Waals surface area (Å²) in [5, 5.41) is 0. The second-order valence-electron chi connectivity index (χ2n) is 3.32. The topological polar surface area (TPSA) is 21.6 Å². The predicted octanol–water partition coefficient (Wildman–Crippen LogP) is 2.63. The van der Waals surface area contributed by atoms with Crippen LogP contribution in [0, 0.1) is 5.92 Å². The first-order chi connectivity index (χ1) is 5.88. The van der Waals surface area contributed by atoms with Crippen LogP contribution >= 0.6 is 0 Å². The van der Waals surface area contributed by atoms with Crippen molar-refractivity contribution in [2.45, 2.75) is 39.5 Å². The molecule has 0 spiro atoms. The van der Waals surface area contributed by atoms with Crippen LogP contribution in [-0.2, 0) is 4.74 Å². The fourth-order valence-corrected chi connectivity index (χ4v) is 1.55. The summed E-state index contributed by atoms with van der Waals surface area (Å²) in [4.78, 5) is 4.35. The van der Waals surface area contributed by atoms with Gasteiger partial charge in [-0.05, 0) is 12.8 Å². The third kappa shape index (κ3) is 2.50. The van der Waals surface area contributed by atoms with E-state index >= 15 is 0 Å². The van der Waals surface area contributed by atoms with Crippen molar-refractivity contribution in [3.05, 3.63) is 0 Å². The van der Waals surface area contributed by atoms with Gasteiger partial charge in [0.05, 0.1) is 6.54 Å². The molecule has 0 aromatic carbocycles. The van der Waals surface area contributed by atoms with Crippen LogP contribution < -0.4 is 0 Å². The fraction of sp³-hybridized carbons (Fsp3) is 0.900. The van der Waals surface area contributed by atoms with Crippen LogP contribution in [0.25, 0.3) is 0 Å². The standard InChI is InChI=1S/C10H19NO/c1-3-5-6-9(4-2)10-11-7-8-12-10/h9H,3-8H2,1-2H3. The zero-order chi connectivity index (χ0) is 8.81. The van der Waals surface area contributed by atoms with Crippen molar-refractivity contribution in [2.75, 3.05) is 13.2 Å². The van der Waals surface area contributed by atoms with Gasteiger partial charge in [0.15, 0.2) is 5.90 Å². The number of nitrogens with zero attached hydrogens (tertiary/aromatic N) is 1. The van der Waals surface area contributed by atoms with Crippen LogP contribution in [0.2, 0.25) is 0 Å². The quantitative estimate of drug-likeness (QED) is 0.620. The van der Waals surface area contributed by atoms with Crippen molar-refractivity contribution in [1.82, 2.24) is 0 Å². The fourth-order valence-electron chi connectivity index (χ4n) is 1.55. The summed E-state index contributed by atoms with van der Waals surface area (Å²) in [5.41, 5.74) is 0. The Hall–Kier alpha value is -0.530. The summed E-state index contributed by atoms with van der Waals surface area (Å²) < 4.78 is 5.45. The molecule has 0 amide bonds. The van der Waals surface area contributed by atoms with Crippen molar-refractivity contribution in [3.8, 4) is 0 Å². The zero-order valence-corrected chi connectivity index (χ0v) is 8.18. The van der Waals surface area contributed by atoms with Crippen LogP contribution in [-0.4, -0.2) is 19.0 Å². The molecule has 2 nitrogen and oxygen atoms in total. The highest BCUT2D eigenvalue weighted by Gasteiger charge is 2.17. The number of aliphatic imine (C=N–C) groups is 1. The van der Waals surface area contributed by atoms with Gasteiger partial charge in [0.2, 0.25) is 0 Å². The van der Waals surface area contributed by atoms with Crippen molar-refractivity contribution in [1.29, 1.82) is 0 Å². The molecule has 0 aromatic heterocycles. The molecule has 70 valence electrons. The molecule has 0 radical (unpaired) electrons. The van der Waals surface area contributed by atoms with Gasteiger partial charge in [-0.3, -0.25) is 4.99 Å². The highest BCUT2D eigenvalue weighted by atomic mass is 16.5. The highest BCUT2D eigenvalue weighted by Crippen LogP contribution is 2.17. The van der Waals surface area contributed by atoms with Crippen LogP contribution in [0.1, 0.15) is 39.5 Å². The zero-order valence-electron chi connectivity index (χ0n) is 8.18. The van der Waals surface area contributed by atoms with Crippen LogP contribution in [0.3, 0.4) is 0 Å². The molecule has 0 aromatic rings. The molecule has 1 aliphatic rings. The molecule has 1 unspecified atom stereocenters. The minimum atomic E-state index is 0.590. The number of hydrogen-bond donors (Lipinski definition) is 0. The van der Waals surface area contributed by atoms with E-state index in [0.29, 0.717) is 5.92 Å². The van der Waals surface area contributed by atoms with Gasteiger partial charge < -0.3 is 4.74 Å². The van der Waals surface area contributed by atoms with E-state index in [2.05, 4.69) is 18.8 Å². The van der Waals surface area contributed by atoms with Gasteiger partial charge in [0.1, 0.15) is 6.61 Å². The summed E-state index contributed by atoms with van der Waals surface area (Å²) >= 11 is 0. The van der Waals surface area contributed by atoms with Crippen LogP contribution in [0.15, 0.2) is 4.99 Å². The average molecular weight is 169 g/mol. The third-order valence-electron chi connectivity index (χ3n) is 2.36. The van der Waals surface area contributed by atoms with Gasteiger partial charge >= 0.3 is 0 Å². The van der Waals surface area contributed by atoms with E-state index in [0.717, 1.165) is 19.0 Å². The average Bonchev–Trinajstić information content (AvgIpc) is 2.59. The molecule has 0 bridgehead atoms. The third-order valence-corrected chi connectivity index (χ3v) is 2.36. The Morgan fingerprint density at radius 1 is 1.50 bits per heavy atom. The van der Waals surface area contributed by atoms with E-state index in [1.165, 1.54) is 25.7 Å². The van der Waals surface area contributed by atoms with Crippen molar-refractivity contribution in [2.24, 2.45) is 10.9 Å². The maximum atomic E-state index is 5.45. The Labute approximate surface area is 75.0 Å². The van der Waals surface area contributed by atoms with Crippen LogP contribution in [0.5, 0.6) is 0 Å². The largest absolute Gasteiger partial charge is 0.479 e.